The Balaban J connectivity index is 2.04. The lowest BCUT2D eigenvalue weighted by molar-refractivity contribution is -0.129. The Labute approximate surface area is 132 Å². The predicted molar refractivity (Wildman–Crippen MR) is 90.5 cm³/mol. The molecule has 0 spiro atoms. The minimum atomic E-state index is 0.0666. The van der Waals surface area contributed by atoms with E-state index in [-0.39, 0.29) is 5.91 Å². The second-order valence-corrected chi connectivity index (χ2v) is 5.49. The van der Waals surface area contributed by atoms with Crippen molar-refractivity contribution in [3.05, 3.63) is 66.2 Å². The fourth-order valence-electron chi connectivity index (χ4n) is 2.08. The van der Waals surface area contributed by atoms with Crippen LogP contribution in [0.5, 0.6) is 0 Å². The van der Waals surface area contributed by atoms with Crippen molar-refractivity contribution < 1.29 is 4.79 Å². The molecule has 1 N–H and O–H groups in total. The number of nitrogens with one attached hydrogen (secondary N) is 1. The molecule has 4 heteroatoms. The fraction of sp³-hybridized carbons (Fsp3) is 0.278. The molecule has 0 fully saturated rings. The summed E-state index contributed by atoms with van der Waals surface area (Å²) in [4.78, 5) is 14.6. The number of hydrogen-bond donors (Lipinski definition) is 1. The smallest absolute Gasteiger partial charge is 0.245 e. The summed E-state index contributed by atoms with van der Waals surface area (Å²) in [5.41, 5.74) is 5.16. The zero-order chi connectivity index (χ0) is 15.8. The molecule has 0 unspecified atom stereocenters. The van der Waals surface area contributed by atoms with Gasteiger partial charge in [0.15, 0.2) is 0 Å². The van der Waals surface area contributed by atoms with Crippen molar-refractivity contribution in [2.45, 2.75) is 6.42 Å². The van der Waals surface area contributed by atoms with Crippen LogP contribution in [0.4, 0.5) is 5.69 Å². The van der Waals surface area contributed by atoms with Gasteiger partial charge >= 0.3 is 0 Å². The third kappa shape index (κ3) is 5.22. The van der Waals surface area contributed by atoms with Crippen molar-refractivity contribution in [1.82, 2.24) is 9.91 Å². The molecule has 1 amide bonds. The van der Waals surface area contributed by atoms with E-state index in [0.29, 0.717) is 13.0 Å². The van der Waals surface area contributed by atoms with Gasteiger partial charge in [0.05, 0.1) is 18.7 Å². The zero-order valence-electron chi connectivity index (χ0n) is 13.2. The summed E-state index contributed by atoms with van der Waals surface area (Å²) in [6.07, 6.45) is 0.397. The van der Waals surface area contributed by atoms with E-state index < -0.39 is 0 Å². The Kier molecular flexibility index (Phi) is 5.98. The summed E-state index contributed by atoms with van der Waals surface area (Å²) >= 11 is 0. The third-order valence-electron chi connectivity index (χ3n) is 3.31. The van der Waals surface area contributed by atoms with Crippen LogP contribution in [0.2, 0.25) is 0 Å². The SMILES string of the molecule is CN(C)CCN(Nc1ccccc1)C(=O)Cc1ccccc1. The molecule has 0 aliphatic rings. The lowest BCUT2D eigenvalue weighted by atomic mass is 10.1. The topological polar surface area (TPSA) is 35.6 Å². The van der Waals surface area contributed by atoms with Gasteiger partial charge in [-0.25, -0.2) is 0 Å². The van der Waals surface area contributed by atoms with Crippen molar-refractivity contribution in [1.29, 1.82) is 0 Å². The molecule has 0 radical (unpaired) electrons. The number of likely N-dealkylation sites (N-methyl/N-ethyl adjacent to an activating group) is 1. The minimum Gasteiger partial charge on any atom is -0.308 e. The van der Waals surface area contributed by atoms with Crippen LogP contribution in [0.3, 0.4) is 0 Å². The first-order valence-corrected chi connectivity index (χ1v) is 7.46. The molecule has 0 aromatic heterocycles. The molecule has 2 aromatic carbocycles. The van der Waals surface area contributed by atoms with Crippen molar-refractivity contribution in [3.63, 3.8) is 0 Å². The van der Waals surface area contributed by atoms with E-state index in [1.54, 1.807) is 5.01 Å². The van der Waals surface area contributed by atoms with E-state index >= 15 is 0 Å². The monoisotopic (exact) mass is 297 g/mol. The molecule has 0 atom stereocenters. The highest BCUT2D eigenvalue weighted by Crippen LogP contribution is 2.09. The van der Waals surface area contributed by atoms with Crippen molar-refractivity contribution in [2.24, 2.45) is 0 Å². The molecule has 0 aliphatic heterocycles. The number of hydrogen-bond acceptors (Lipinski definition) is 3. The number of carbonyl (C=O) groups excluding carboxylic acids is 1. The summed E-state index contributed by atoms with van der Waals surface area (Å²) in [6.45, 7) is 1.44. The second-order valence-electron chi connectivity index (χ2n) is 5.49. The van der Waals surface area contributed by atoms with Crippen LogP contribution in [-0.4, -0.2) is 43.0 Å². The Morgan fingerprint density at radius 3 is 2.09 bits per heavy atom. The molecule has 0 saturated carbocycles. The first-order valence-electron chi connectivity index (χ1n) is 7.46. The number of carbonyl (C=O) groups is 1. The molecule has 0 saturated heterocycles. The number of amides is 1. The molecule has 4 nitrogen and oxygen atoms in total. The number of anilines is 1. The second kappa shape index (κ2) is 8.20. The molecule has 2 aromatic rings. The largest absolute Gasteiger partial charge is 0.308 e. The van der Waals surface area contributed by atoms with Gasteiger partial charge in [-0.3, -0.25) is 15.2 Å². The van der Waals surface area contributed by atoms with Crippen LogP contribution in [0, 0.1) is 0 Å². The number of benzene rings is 2. The van der Waals surface area contributed by atoms with Gasteiger partial charge < -0.3 is 4.90 Å². The van der Waals surface area contributed by atoms with E-state index in [2.05, 4.69) is 10.3 Å². The van der Waals surface area contributed by atoms with Crippen LogP contribution >= 0.6 is 0 Å². The maximum atomic E-state index is 12.6. The molecular formula is C18H23N3O. The summed E-state index contributed by atoms with van der Waals surface area (Å²) in [5.74, 6) is 0.0666. The van der Waals surface area contributed by atoms with Crippen LogP contribution in [0.15, 0.2) is 60.7 Å². The maximum absolute atomic E-state index is 12.6. The highest BCUT2D eigenvalue weighted by Gasteiger charge is 2.14. The standard InChI is InChI=1S/C18H23N3O/c1-20(2)13-14-21(19-17-11-7-4-8-12-17)18(22)15-16-9-5-3-6-10-16/h3-12,19H,13-15H2,1-2H3. The van der Waals surface area contributed by atoms with Crippen LogP contribution in [0.25, 0.3) is 0 Å². The van der Waals surface area contributed by atoms with Crippen molar-refractivity contribution in [2.75, 3.05) is 32.6 Å². The fourth-order valence-corrected chi connectivity index (χ4v) is 2.08. The van der Waals surface area contributed by atoms with Gasteiger partial charge in [0.25, 0.3) is 0 Å². The minimum absolute atomic E-state index is 0.0666. The average molecular weight is 297 g/mol. The number of nitrogens with zero attached hydrogens (tertiary/aromatic N) is 2. The van der Waals surface area contributed by atoms with E-state index in [9.17, 15) is 4.79 Å². The van der Waals surface area contributed by atoms with Gasteiger partial charge in [0, 0.05) is 6.54 Å². The van der Waals surface area contributed by atoms with E-state index in [1.807, 2.05) is 74.8 Å². The maximum Gasteiger partial charge on any atom is 0.245 e. The van der Waals surface area contributed by atoms with Crippen LogP contribution in [-0.2, 0) is 11.2 Å². The quantitative estimate of drug-likeness (QED) is 0.798. The molecule has 0 aliphatic carbocycles. The molecule has 0 bridgehead atoms. The zero-order valence-corrected chi connectivity index (χ0v) is 13.2. The highest BCUT2D eigenvalue weighted by atomic mass is 16.2. The average Bonchev–Trinajstić information content (AvgIpc) is 2.53. The molecule has 2 rings (SSSR count). The summed E-state index contributed by atoms with van der Waals surface area (Å²) in [5, 5.41) is 1.70. The van der Waals surface area contributed by atoms with Gasteiger partial charge in [-0.2, -0.15) is 0 Å². The van der Waals surface area contributed by atoms with E-state index in [1.165, 1.54) is 0 Å². The van der Waals surface area contributed by atoms with Gasteiger partial charge in [0.2, 0.25) is 5.91 Å². The summed E-state index contributed by atoms with van der Waals surface area (Å²) in [7, 11) is 4.00. The Bertz CT molecular complexity index is 569. The van der Waals surface area contributed by atoms with Gasteiger partial charge in [-0.05, 0) is 31.8 Å². The molecule has 22 heavy (non-hydrogen) atoms. The van der Waals surface area contributed by atoms with E-state index in [4.69, 9.17) is 0 Å². The Morgan fingerprint density at radius 1 is 0.909 bits per heavy atom. The van der Waals surface area contributed by atoms with Crippen LogP contribution in [0.1, 0.15) is 5.56 Å². The first-order chi connectivity index (χ1) is 10.6. The normalized spacial score (nSPS) is 10.5. The van der Waals surface area contributed by atoms with Gasteiger partial charge in [-0.15, -0.1) is 0 Å². The third-order valence-corrected chi connectivity index (χ3v) is 3.31. The van der Waals surface area contributed by atoms with Gasteiger partial charge in [0.1, 0.15) is 0 Å². The van der Waals surface area contributed by atoms with E-state index in [0.717, 1.165) is 17.8 Å². The summed E-state index contributed by atoms with van der Waals surface area (Å²) in [6, 6.07) is 19.6. The number of hydrazine groups is 1. The summed E-state index contributed by atoms with van der Waals surface area (Å²) < 4.78 is 0. The van der Waals surface area contributed by atoms with Crippen LogP contribution < -0.4 is 5.43 Å². The molecular weight excluding hydrogens is 274 g/mol. The van der Waals surface area contributed by atoms with Crippen molar-refractivity contribution in [3.8, 4) is 0 Å². The highest BCUT2D eigenvalue weighted by molar-refractivity contribution is 5.80. The lowest BCUT2D eigenvalue weighted by Crippen LogP contribution is -2.41. The molecule has 0 heterocycles. The first kappa shape index (κ1) is 16.0. The predicted octanol–water partition coefficient (Wildman–Crippen LogP) is 2.65. The Hall–Kier alpha value is -2.33. The van der Waals surface area contributed by atoms with Gasteiger partial charge in [-0.1, -0.05) is 48.5 Å². The number of para-hydroxylation sites is 1. The van der Waals surface area contributed by atoms with Crippen molar-refractivity contribution >= 4 is 11.6 Å². The lowest BCUT2D eigenvalue weighted by Gasteiger charge is -2.26. The molecule has 116 valence electrons. The Morgan fingerprint density at radius 2 is 1.50 bits per heavy atom. The number of rotatable bonds is 7.